The minimum Gasteiger partial charge on any atom is -0.315 e. The fourth-order valence-electron chi connectivity index (χ4n) is 1.49. The molecule has 1 heterocycles. The third-order valence-electron chi connectivity index (χ3n) is 2.24. The highest BCUT2D eigenvalue weighted by Crippen LogP contribution is 1.98. The first-order chi connectivity index (χ1) is 5.93. The highest BCUT2D eigenvalue weighted by Gasteiger charge is 2.11. The van der Waals surface area contributed by atoms with Gasteiger partial charge in [-0.3, -0.25) is 0 Å². The van der Waals surface area contributed by atoms with Crippen LogP contribution in [0, 0.1) is 12.3 Å². The quantitative estimate of drug-likeness (QED) is 0.465. The standard InChI is InChI=1S/C10H18N2/c1-2-3-4-5-7-12-10-6-8-11-9-10/h1,10-12H,3-9H2. The predicted molar refractivity (Wildman–Crippen MR) is 52.0 cm³/mol. The van der Waals surface area contributed by atoms with Gasteiger partial charge in [0.15, 0.2) is 0 Å². The first kappa shape index (κ1) is 9.57. The predicted octanol–water partition coefficient (Wildman–Crippen LogP) is 0.741. The molecular weight excluding hydrogens is 148 g/mol. The van der Waals surface area contributed by atoms with Crippen molar-refractivity contribution in [2.24, 2.45) is 0 Å². The molecule has 12 heavy (non-hydrogen) atoms. The second-order valence-electron chi connectivity index (χ2n) is 3.31. The van der Waals surface area contributed by atoms with Crippen molar-refractivity contribution in [2.75, 3.05) is 19.6 Å². The van der Waals surface area contributed by atoms with Crippen LogP contribution < -0.4 is 10.6 Å². The van der Waals surface area contributed by atoms with Crippen LogP contribution in [0.25, 0.3) is 0 Å². The van der Waals surface area contributed by atoms with Crippen LogP contribution in [0.2, 0.25) is 0 Å². The van der Waals surface area contributed by atoms with E-state index in [1.54, 1.807) is 0 Å². The zero-order valence-electron chi connectivity index (χ0n) is 7.60. The summed E-state index contributed by atoms with van der Waals surface area (Å²) in [6.45, 7) is 3.42. The number of terminal acetylenes is 1. The Morgan fingerprint density at radius 1 is 1.50 bits per heavy atom. The Morgan fingerprint density at radius 2 is 2.42 bits per heavy atom. The van der Waals surface area contributed by atoms with Gasteiger partial charge in [-0.1, -0.05) is 0 Å². The molecule has 0 aromatic rings. The normalized spacial score (nSPS) is 22.4. The van der Waals surface area contributed by atoms with Crippen LogP contribution in [-0.4, -0.2) is 25.7 Å². The minimum absolute atomic E-state index is 0.704. The van der Waals surface area contributed by atoms with Crippen LogP contribution in [0.1, 0.15) is 25.7 Å². The molecule has 1 unspecified atom stereocenters. The van der Waals surface area contributed by atoms with Crippen molar-refractivity contribution in [1.29, 1.82) is 0 Å². The van der Waals surface area contributed by atoms with Gasteiger partial charge in [-0.2, -0.15) is 0 Å². The third kappa shape index (κ3) is 3.75. The summed E-state index contributed by atoms with van der Waals surface area (Å²) >= 11 is 0. The van der Waals surface area contributed by atoms with Gasteiger partial charge in [0.2, 0.25) is 0 Å². The lowest BCUT2D eigenvalue weighted by Crippen LogP contribution is -2.31. The Morgan fingerprint density at radius 3 is 3.08 bits per heavy atom. The molecule has 0 spiro atoms. The van der Waals surface area contributed by atoms with Crippen LogP contribution >= 0.6 is 0 Å². The molecule has 1 rings (SSSR count). The van der Waals surface area contributed by atoms with Gasteiger partial charge in [0.25, 0.3) is 0 Å². The maximum atomic E-state index is 5.15. The highest BCUT2D eigenvalue weighted by molar-refractivity contribution is 4.83. The maximum Gasteiger partial charge on any atom is 0.0204 e. The second kappa shape index (κ2) is 6.05. The summed E-state index contributed by atoms with van der Waals surface area (Å²) in [4.78, 5) is 0. The van der Waals surface area contributed by atoms with E-state index in [4.69, 9.17) is 6.42 Å². The van der Waals surface area contributed by atoms with Crippen molar-refractivity contribution in [1.82, 2.24) is 10.6 Å². The van der Waals surface area contributed by atoms with Gasteiger partial charge >= 0.3 is 0 Å². The summed E-state index contributed by atoms with van der Waals surface area (Å²) in [5, 5.41) is 6.84. The number of nitrogens with one attached hydrogen (secondary N) is 2. The van der Waals surface area contributed by atoms with Crippen molar-refractivity contribution in [3.05, 3.63) is 0 Å². The van der Waals surface area contributed by atoms with Crippen molar-refractivity contribution in [3.63, 3.8) is 0 Å². The topological polar surface area (TPSA) is 24.1 Å². The lowest BCUT2D eigenvalue weighted by Gasteiger charge is -2.09. The summed E-state index contributed by atoms with van der Waals surface area (Å²) in [6, 6.07) is 0.704. The van der Waals surface area contributed by atoms with Crippen LogP contribution in [0.3, 0.4) is 0 Å². The SMILES string of the molecule is C#CCCCCNC1CCNC1. The number of rotatable bonds is 5. The first-order valence-electron chi connectivity index (χ1n) is 4.81. The number of hydrogen-bond donors (Lipinski definition) is 2. The van der Waals surface area contributed by atoms with Crippen molar-refractivity contribution in [2.45, 2.75) is 31.7 Å². The fourth-order valence-corrected chi connectivity index (χ4v) is 1.49. The molecule has 0 bridgehead atoms. The molecule has 1 saturated heterocycles. The van der Waals surface area contributed by atoms with Gasteiger partial charge in [-0.05, 0) is 32.4 Å². The van der Waals surface area contributed by atoms with Gasteiger partial charge in [0.1, 0.15) is 0 Å². The lowest BCUT2D eigenvalue weighted by molar-refractivity contribution is 0.529. The Bertz CT molecular complexity index is 142. The Hall–Kier alpha value is -0.520. The van der Waals surface area contributed by atoms with Crippen LogP contribution in [-0.2, 0) is 0 Å². The van der Waals surface area contributed by atoms with E-state index >= 15 is 0 Å². The molecule has 0 aromatic carbocycles. The molecule has 0 aromatic heterocycles. The van der Waals surface area contributed by atoms with E-state index in [1.165, 1.54) is 19.4 Å². The summed E-state index contributed by atoms with van der Waals surface area (Å²) < 4.78 is 0. The van der Waals surface area contributed by atoms with Gasteiger partial charge in [-0.15, -0.1) is 12.3 Å². The van der Waals surface area contributed by atoms with Crippen LogP contribution in [0.4, 0.5) is 0 Å². The fraction of sp³-hybridized carbons (Fsp3) is 0.800. The van der Waals surface area contributed by atoms with E-state index in [0.29, 0.717) is 6.04 Å². The molecule has 68 valence electrons. The third-order valence-corrected chi connectivity index (χ3v) is 2.24. The monoisotopic (exact) mass is 166 g/mol. The van der Waals surface area contributed by atoms with Gasteiger partial charge in [0.05, 0.1) is 0 Å². The van der Waals surface area contributed by atoms with Crippen LogP contribution in [0.5, 0.6) is 0 Å². The first-order valence-corrected chi connectivity index (χ1v) is 4.81. The molecule has 1 aliphatic rings. The summed E-state index contributed by atoms with van der Waals surface area (Å²) in [7, 11) is 0. The Balaban J connectivity index is 1.85. The molecule has 1 fully saturated rings. The number of hydrogen-bond acceptors (Lipinski definition) is 2. The van der Waals surface area contributed by atoms with E-state index in [2.05, 4.69) is 16.6 Å². The summed E-state index contributed by atoms with van der Waals surface area (Å²) in [5.41, 5.74) is 0. The average Bonchev–Trinajstić information content (AvgIpc) is 2.57. The minimum atomic E-state index is 0.704. The van der Waals surface area contributed by atoms with Crippen LogP contribution in [0.15, 0.2) is 0 Å². The Kier molecular flexibility index (Phi) is 4.82. The zero-order valence-corrected chi connectivity index (χ0v) is 7.60. The molecule has 0 aliphatic carbocycles. The maximum absolute atomic E-state index is 5.15. The molecule has 2 N–H and O–H groups in total. The smallest absolute Gasteiger partial charge is 0.0204 e. The largest absolute Gasteiger partial charge is 0.315 e. The zero-order chi connectivity index (χ0) is 8.65. The molecule has 2 heteroatoms. The van der Waals surface area contributed by atoms with E-state index in [9.17, 15) is 0 Å². The molecule has 1 aliphatic heterocycles. The van der Waals surface area contributed by atoms with Crippen molar-refractivity contribution >= 4 is 0 Å². The molecule has 0 saturated carbocycles. The molecule has 0 radical (unpaired) electrons. The highest BCUT2D eigenvalue weighted by atomic mass is 15.0. The summed E-state index contributed by atoms with van der Waals surface area (Å²) in [5.74, 6) is 2.66. The van der Waals surface area contributed by atoms with Crippen molar-refractivity contribution < 1.29 is 0 Å². The van der Waals surface area contributed by atoms with Gasteiger partial charge in [-0.25, -0.2) is 0 Å². The van der Waals surface area contributed by atoms with E-state index in [1.807, 2.05) is 0 Å². The lowest BCUT2D eigenvalue weighted by atomic mass is 10.2. The van der Waals surface area contributed by atoms with Crippen molar-refractivity contribution in [3.8, 4) is 12.3 Å². The second-order valence-corrected chi connectivity index (χ2v) is 3.31. The molecule has 1 atom stereocenters. The summed E-state index contributed by atoms with van der Waals surface area (Å²) in [6.07, 6.45) is 9.71. The van der Waals surface area contributed by atoms with E-state index < -0.39 is 0 Å². The Labute approximate surface area is 75.1 Å². The molecule has 2 nitrogen and oxygen atoms in total. The van der Waals surface area contributed by atoms with E-state index in [0.717, 1.165) is 25.9 Å². The molecular formula is C10H18N2. The average molecular weight is 166 g/mol. The van der Waals surface area contributed by atoms with E-state index in [-0.39, 0.29) is 0 Å². The number of unbranched alkanes of at least 4 members (excludes halogenated alkanes) is 2. The van der Waals surface area contributed by atoms with Gasteiger partial charge < -0.3 is 10.6 Å². The van der Waals surface area contributed by atoms with Gasteiger partial charge in [0, 0.05) is 19.0 Å². The molecule has 0 amide bonds.